The van der Waals surface area contributed by atoms with Gasteiger partial charge in [0, 0.05) is 29.0 Å². The zero-order valence-corrected chi connectivity index (χ0v) is 17.6. The molecule has 0 radical (unpaired) electrons. The maximum Gasteiger partial charge on any atom is 0.247 e. The molecule has 2 aromatic heterocycles. The Labute approximate surface area is 186 Å². The largest absolute Gasteiger partial charge is 0.392 e. The fourth-order valence-electron chi connectivity index (χ4n) is 3.32. The van der Waals surface area contributed by atoms with Gasteiger partial charge in [-0.25, -0.2) is 18.6 Å². The van der Waals surface area contributed by atoms with Crippen molar-refractivity contribution in [1.82, 2.24) is 9.97 Å². The number of hydrogen-bond donors (Lipinski definition) is 2. The summed E-state index contributed by atoms with van der Waals surface area (Å²) in [6, 6.07) is 14.4. The van der Waals surface area contributed by atoms with E-state index in [9.17, 15) is 13.6 Å². The Morgan fingerprint density at radius 1 is 0.903 bits per heavy atom. The number of anilines is 1. The van der Waals surface area contributed by atoms with Crippen LogP contribution in [0.15, 0.2) is 71.7 Å². The maximum absolute atomic E-state index is 14.0. The third kappa shape index (κ3) is 4.22. The molecule has 0 unspecified atom stereocenters. The van der Waals surface area contributed by atoms with E-state index in [2.05, 4.69) is 14.8 Å². The number of hydrogen-bond acceptors (Lipinski definition) is 3. The number of aromatic amines is 1. The molecule has 0 bridgehead atoms. The average molecular weight is 481 g/mol. The first-order valence-corrected chi connectivity index (χ1v) is 8.90. The van der Waals surface area contributed by atoms with Gasteiger partial charge in [0.1, 0.15) is 17.5 Å². The van der Waals surface area contributed by atoms with Gasteiger partial charge in [0.25, 0.3) is 0 Å². The van der Waals surface area contributed by atoms with Gasteiger partial charge in [0.15, 0.2) is 0 Å². The number of nitrogens with one attached hydrogen (secondary N) is 1. The van der Waals surface area contributed by atoms with E-state index < -0.39 is 11.6 Å². The van der Waals surface area contributed by atoms with E-state index in [1.165, 1.54) is 48.7 Å². The third-order valence-corrected chi connectivity index (χ3v) is 4.59. The molecule has 0 fully saturated rings. The molecule has 154 valence electrons. The van der Waals surface area contributed by atoms with Gasteiger partial charge in [-0.2, -0.15) is 0 Å². The van der Waals surface area contributed by atoms with Gasteiger partial charge in [-0.3, -0.25) is 4.79 Å². The first-order chi connectivity index (χ1) is 14.5. The molecule has 8 heteroatoms. The number of nitrogens with two attached hydrogens (primary N) is 1. The minimum atomic E-state index is -0.487. The number of aromatic nitrogens is 2. The molecule has 5 nitrogen and oxygen atoms in total. The molecule has 4 aromatic rings. The van der Waals surface area contributed by atoms with Crippen molar-refractivity contribution in [2.24, 2.45) is 0 Å². The average Bonchev–Trinajstić information content (AvgIpc) is 2.73. The van der Waals surface area contributed by atoms with Gasteiger partial charge < -0.3 is 10.7 Å². The lowest BCUT2D eigenvalue weighted by molar-refractivity contribution is 0.628. The molecule has 2 aromatic carbocycles. The molecule has 0 atom stereocenters. The van der Waals surface area contributed by atoms with E-state index in [1.807, 2.05) is 0 Å². The Kier molecular flexibility index (Phi) is 6.28. The predicted molar refractivity (Wildman–Crippen MR) is 122 cm³/mol. The molecule has 0 spiro atoms. The number of halogens is 3. The molecule has 31 heavy (non-hydrogen) atoms. The van der Waals surface area contributed by atoms with E-state index >= 15 is 0 Å². The van der Waals surface area contributed by atoms with Gasteiger partial charge in [-0.1, -0.05) is 24.3 Å². The highest BCUT2D eigenvalue weighted by Gasteiger charge is 2.23. The predicted octanol–water partition coefficient (Wildman–Crippen LogP) is 5.76. The van der Waals surface area contributed by atoms with Crippen molar-refractivity contribution in [1.29, 1.82) is 0 Å². The fraction of sp³-hybridized carbons (Fsp3) is 0. The lowest BCUT2D eigenvalue weighted by atomic mass is 9.90. The second kappa shape index (κ2) is 8.90. The molecule has 4 rings (SSSR count). The van der Waals surface area contributed by atoms with Crippen molar-refractivity contribution in [2.45, 2.75) is 0 Å². The molecule has 3 N–H and O–H groups in total. The Bertz CT molecular complexity index is 1360. The summed E-state index contributed by atoms with van der Waals surface area (Å²) in [6.07, 6.45) is 1.47. The summed E-state index contributed by atoms with van der Waals surface area (Å²) in [5, 5.41) is 0. The molecule has 0 aliphatic carbocycles. The van der Waals surface area contributed by atoms with Crippen molar-refractivity contribution in [3.8, 4) is 33.5 Å². The van der Waals surface area contributed by atoms with E-state index in [4.69, 9.17) is 12.3 Å². The van der Waals surface area contributed by atoms with E-state index in [0.29, 0.717) is 33.5 Å². The highest BCUT2D eigenvalue weighted by Crippen LogP contribution is 2.46. The Balaban J connectivity index is 0.00000272. The second-order valence-electron chi connectivity index (χ2n) is 6.52. The lowest BCUT2D eigenvalue weighted by Gasteiger charge is -2.18. The topological polar surface area (TPSA) is 76.1 Å². The van der Waals surface area contributed by atoms with Crippen LogP contribution in [0.1, 0.15) is 0 Å². The van der Waals surface area contributed by atoms with Gasteiger partial charge in [0.2, 0.25) is 11.2 Å². The Morgan fingerprint density at radius 2 is 1.55 bits per heavy atom. The monoisotopic (exact) mass is 480 g/mol. The van der Waals surface area contributed by atoms with Crippen LogP contribution in [0.4, 0.5) is 20.3 Å². The number of rotatable bonds is 3. The first-order valence-electron chi connectivity index (χ1n) is 8.90. The minimum Gasteiger partial charge on any atom is -0.392 e. The standard InChI is InChI=1S/C23H14F2N4O.BrH/c1-27-22-19(13-4-2-6-16(24)10-13)20(15-8-9-18(30)28-12-15)21(29-23(22)26)14-5-3-7-17(25)11-14;/h2-12H,(H2,26,29)(H,28,30);1H. The molecule has 0 aliphatic rings. The molecule has 0 saturated heterocycles. The summed E-state index contributed by atoms with van der Waals surface area (Å²) in [5.41, 5.74) is 8.27. The van der Waals surface area contributed by atoms with Crippen LogP contribution in [0.2, 0.25) is 0 Å². The number of pyridine rings is 2. The van der Waals surface area contributed by atoms with Crippen LogP contribution >= 0.6 is 17.0 Å². The molecule has 0 saturated carbocycles. The highest BCUT2D eigenvalue weighted by atomic mass is 79.9. The lowest BCUT2D eigenvalue weighted by Crippen LogP contribution is -2.04. The summed E-state index contributed by atoms with van der Waals surface area (Å²) in [7, 11) is 0. The minimum absolute atomic E-state index is 0. The summed E-state index contributed by atoms with van der Waals surface area (Å²) in [4.78, 5) is 22.1. The summed E-state index contributed by atoms with van der Waals surface area (Å²) < 4.78 is 28.0. The first kappa shape index (κ1) is 21.9. The van der Waals surface area contributed by atoms with Crippen molar-refractivity contribution < 1.29 is 8.78 Å². The Morgan fingerprint density at radius 3 is 2.13 bits per heavy atom. The summed E-state index contributed by atoms with van der Waals surface area (Å²) in [5.74, 6) is -1.02. The van der Waals surface area contributed by atoms with Crippen LogP contribution < -0.4 is 11.3 Å². The molecule has 0 amide bonds. The third-order valence-electron chi connectivity index (χ3n) is 4.59. The van der Waals surface area contributed by atoms with Crippen molar-refractivity contribution in [3.63, 3.8) is 0 Å². The number of H-pyrrole nitrogens is 1. The van der Waals surface area contributed by atoms with Crippen molar-refractivity contribution >= 4 is 28.5 Å². The zero-order valence-electron chi connectivity index (χ0n) is 15.9. The van der Waals surface area contributed by atoms with E-state index in [1.54, 1.807) is 18.2 Å². The van der Waals surface area contributed by atoms with Crippen molar-refractivity contribution in [3.05, 3.63) is 100 Å². The molecule has 0 aliphatic heterocycles. The number of nitrogens with zero attached hydrogens (tertiary/aromatic N) is 2. The molecular weight excluding hydrogens is 466 g/mol. The summed E-state index contributed by atoms with van der Waals surface area (Å²) in [6.45, 7) is 7.62. The second-order valence-corrected chi connectivity index (χ2v) is 6.52. The Hall–Kier alpha value is -3.83. The van der Waals surface area contributed by atoms with Crippen molar-refractivity contribution in [2.75, 3.05) is 5.73 Å². The smallest absolute Gasteiger partial charge is 0.247 e. The van der Waals surface area contributed by atoms with Crippen LogP contribution in [0, 0.1) is 18.2 Å². The zero-order chi connectivity index (χ0) is 21.3. The van der Waals surface area contributed by atoms with Crippen LogP contribution in [-0.2, 0) is 0 Å². The van der Waals surface area contributed by atoms with Crippen LogP contribution in [0.5, 0.6) is 0 Å². The van der Waals surface area contributed by atoms with Gasteiger partial charge in [-0.15, -0.1) is 17.0 Å². The van der Waals surface area contributed by atoms with Gasteiger partial charge in [0.05, 0.1) is 12.3 Å². The van der Waals surface area contributed by atoms with Crippen LogP contribution in [-0.4, -0.2) is 9.97 Å². The van der Waals surface area contributed by atoms with E-state index in [-0.39, 0.29) is 34.0 Å². The summed E-state index contributed by atoms with van der Waals surface area (Å²) >= 11 is 0. The fourth-order valence-corrected chi connectivity index (χ4v) is 3.32. The SMILES string of the molecule is Br.[C-]#[N+]c1c(N)nc(-c2cccc(F)c2)c(-c2ccc(=O)[nH]c2)c1-c1cccc(F)c1. The number of nitrogen functional groups attached to an aromatic ring is 1. The normalized spacial score (nSPS) is 10.2. The molecule has 2 heterocycles. The quantitative estimate of drug-likeness (QED) is 0.366. The van der Waals surface area contributed by atoms with Gasteiger partial charge >= 0.3 is 0 Å². The highest BCUT2D eigenvalue weighted by molar-refractivity contribution is 8.93. The molecular formula is C23H15BrF2N4O. The number of benzene rings is 2. The van der Waals surface area contributed by atoms with Crippen LogP contribution in [0.3, 0.4) is 0 Å². The maximum atomic E-state index is 14.0. The van der Waals surface area contributed by atoms with Gasteiger partial charge in [-0.05, 0) is 41.5 Å². The van der Waals surface area contributed by atoms with Crippen LogP contribution in [0.25, 0.3) is 38.4 Å². The van der Waals surface area contributed by atoms with E-state index in [0.717, 1.165) is 0 Å².